The summed E-state index contributed by atoms with van der Waals surface area (Å²) in [7, 11) is 0. The molecule has 1 aromatic carbocycles. The van der Waals surface area contributed by atoms with E-state index in [9.17, 15) is 14.4 Å². The van der Waals surface area contributed by atoms with E-state index >= 15 is 0 Å². The van der Waals surface area contributed by atoms with E-state index in [2.05, 4.69) is 15.5 Å². The molecule has 2 aliphatic rings. The van der Waals surface area contributed by atoms with E-state index in [4.69, 9.17) is 0 Å². The molecule has 2 saturated heterocycles. The Morgan fingerprint density at radius 2 is 1.62 bits per heavy atom. The molecular weight excluding hydrogens is 406 g/mol. The number of carbonyl (C=O) groups is 3. The lowest BCUT2D eigenvalue weighted by atomic mass is 10.1. The molecule has 0 unspecified atom stereocenters. The van der Waals surface area contributed by atoms with Gasteiger partial charge in [0, 0.05) is 63.1 Å². The average Bonchev–Trinajstić information content (AvgIpc) is 3.05. The predicted molar refractivity (Wildman–Crippen MR) is 127 cm³/mol. The molecule has 2 N–H and O–H groups in total. The monoisotopic (exact) mass is 443 g/mol. The first kappa shape index (κ1) is 23.9. The van der Waals surface area contributed by atoms with Crippen LogP contribution in [0, 0.1) is 0 Å². The van der Waals surface area contributed by atoms with Crippen molar-refractivity contribution in [2.24, 2.45) is 0 Å². The van der Waals surface area contributed by atoms with Gasteiger partial charge >= 0.3 is 6.03 Å². The number of amides is 4. The van der Waals surface area contributed by atoms with Crippen molar-refractivity contribution in [3.8, 4) is 0 Å². The van der Waals surface area contributed by atoms with E-state index in [1.165, 1.54) is 0 Å². The highest BCUT2D eigenvalue weighted by Gasteiger charge is 2.26. The first-order valence-corrected chi connectivity index (χ1v) is 11.9. The first-order chi connectivity index (χ1) is 15.4. The number of urea groups is 1. The van der Waals surface area contributed by atoms with Gasteiger partial charge in [0.2, 0.25) is 5.91 Å². The number of nitrogens with zero attached hydrogens (tertiary/aromatic N) is 3. The fraction of sp³-hybridized carbons (Fsp3) is 0.625. The van der Waals surface area contributed by atoms with Gasteiger partial charge in [-0.2, -0.15) is 0 Å². The number of carbonyl (C=O) groups excluding carboxylic acids is 3. The molecule has 8 heteroatoms. The number of nitrogens with one attached hydrogen (secondary N) is 2. The second kappa shape index (κ2) is 11.2. The minimum absolute atomic E-state index is 0.0194. The molecule has 0 aromatic heterocycles. The normalized spacial score (nSPS) is 17.2. The van der Waals surface area contributed by atoms with E-state index in [0.717, 1.165) is 51.0 Å². The molecule has 0 spiro atoms. The van der Waals surface area contributed by atoms with Crippen molar-refractivity contribution in [2.75, 3.05) is 49.5 Å². The molecule has 1 aromatic rings. The third kappa shape index (κ3) is 6.14. The molecule has 2 aliphatic heterocycles. The number of likely N-dealkylation sites (tertiary alicyclic amines) is 1. The Hall–Kier alpha value is -2.77. The molecule has 3 rings (SSSR count). The van der Waals surface area contributed by atoms with Crippen molar-refractivity contribution >= 4 is 29.2 Å². The maximum atomic E-state index is 13.5. The minimum Gasteiger partial charge on any atom is -0.369 e. The zero-order chi connectivity index (χ0) is 23.1. The Balaban J connectivity index is 1.83. The summed E-state index contributed by atoms with van der Waals surface area (Å²) < 4.78 is 0. The van der Waals surface area contributed by atoms with Gasteiger partial charge in [0.05, 0.1) is 5.56 Å². The summed E-state index contributed by atoms with van der Waals surface area (Å²) in [5, 5.41) is 5.85. The summed E-state index contributed by atoms with van der Waals surface area (Å²) in [5.41, 5.74) is 2.15. The van der Waals surface area contributed by atoms with Gasteiger partial charge in [0.25, 0.3) is 5.91 Å². The lowest BCUT2D eigenvalue weighted by molar-refractivity contribution is -0.115. The van der Waals surface area contributed by atoms with Gasteiger partial charge in [0.1, 0.15) is 0 Å². The van der Waals surface area contributed by atoms with Crippen LogP contribution in [0.2, 0.25) is 0 Å². The Morgan fingerprint density at radius 1 is 0.906 bits per heavy atom. The SMILES string of the molecule is CCC(=O)Nc1ccc(N2CCCN(C(=O)NC(C)C)CC2)c(C(=O)N2CCCCC2)c1. The number of benzene rings is 1. The fourth-order valence-electron chi connectivity index (χ4n) is 4.28. The summed E-state index contributed by atoms with van der Waals surface area (Å²) >= 11 is 0. The standard InChI is InChI=1S/C24H37N5O3/c1-4-22(30)26-19-9-10-21(20(17-19)23(31)28-11-6-5-7-12-28)27-13-8-14-29(16-15-27)24(32)25-18(2)3/h9-10,17-18H,4-8,11-16H2,1-3H3,(H,25,32)(H,26,30). The van der Waals surface area contributed by atoms with Crippen LogP contribution in [0.15, 0.2) is 18.2 Å². The van der Waals surface area contributed by atoms with Crippen molar-refractivity contribution in [1.29, 1.82) is 0 Å². The van der Waals surface area contributed by atoms with Gasteiger partial charge in [-0.15, -0.1) is 0 Å². The van der Waals surface area contributed by atoms with Crippen LogP contribution in [-0.2, 0) is 4.79 Å². The minimum atomic E-state index is -0.0734. The van der Waals surface area contributed by atoms with E-state index < -0.39 is 0 Å². The Morgan fingerprint density at radius 3 is 2.31 bits per heavy atom. The second-order valence-corrected chi connectivity index (χ2v) is 8.92. The molecule has 0 saturated carbocycles. The van der Waals surface area contributed by atoms with Gasteiger partial charge in [-0.3, -0.25) is 9.59 Å². The predicted octanol–water partition coefficient (Wildman–Crippen LogP) is 3.29. The van der Waals surface area contributed by atoms with Gasteiger partial charge in [-0.25, -0.2) is 4.79 Å². The number of piperidine rings is 1. The smallest absolute Gasteiger partial charge is 0.317 e. The van der Waals surface area contributed by atoms with Crippen LogP contribution in [-0.4, -0.2) is 73.0 Å². The van der Waals surface area contributed by atoms with Crippen LogP contribution < -0.4 is 15.5 Å². The highest BCUT2D eigenvalue weighted by atomic mass is 16.2. The van der Waals surface area contributed by atoms with Gasteiger partial charge in [-0.1, -0.05) is 6.92 Å². The van der Waals surface area contributed by atoms with E-state index in [1.54, 1.807) is 0 Å². The number of anilines is 2. The number of hydrogen-bond donors (Lipinski definition) is 2. The van der Waals surface area contributed by atoms with Crippen molar-refractivity contribution in [3.05, 3.63) is 23.8 Å². The summed E-state index contributed by atoms with van der Waals surface area (Å²) in [5.74, 6) is -0.0540. The zero-order valence-corrected chi connectivity index (χ0v) is 19.7. The largest absolute Gasteiger partial charge is 0.369 e. The Bertz CT molecular complexity index is 820. The summed E-state index contributed by atoms with van der Waals surface area (Å²) in [6.07, 6.45) is 4.42. The zero-order valence-electron chi connectivity index (χ0n) is 19.7. The van der Waals surface area contributed by atoms with E-state index in [1.807, 2.05) is 48.8 Å². The highest BCUT2D eigenvalue weighted by molar-refractivity contribution is 6.02. The maximum Gasteiger partial charge on any atom is 0.317 e. The van der Waals surface area contributed by atoms with Crippen LogP contribution >= 0.6 is 0 Å². The van der Waals surface area contributed by atoms with Crippen molar-refractivity contribution in [1.82, 2.24) is 15.1 Å². The van der Waals surface area contributed by atoms with Crippen molar-refractivity contribution < 1.29 is 14.4 Å². The van der Waals surface area contributed by atoms with Crippen LogP contribution in [0.4, 0.5) is 16.2 Å². The molecule has 0 radical (unpaired) electrons. The molecule has 2 heterocycles. The molecule has 176 valence electrons. The summed E-state index contributed by atoms with van der Waals surface area (Å²) in [6.45, 7) is 9.98. The third-order valence-corrected chi connectivity index (χ3v) is 6.01. The third-order valence-electron chi connectivity index (χ3n) is 6.01. The van der Waals surface area contributed by atoms with Gasteiger partial charge in [0.15, 0.2) is 0 Å². The maximum absolute atomic E-state index is 13.5. The van der Waals surface area contributed by atoms with Crippen LogP contribution in [0.5, 0.6) is 0 Å². The number of hydrogen-bond acceptors (Lipinski definition) is 4. The van der Waals surface area contributed by atoms with Crippen LogP contribution in [0.1, 0.15) is 63.2 Å². The topological polar surface area (TPSA) is 85.0 Å². The van der Waals surface area contributed by atoms with E-state index in [-0.39, 0.29) is 23.9 Å². The van der Waals surface area contributed by atoms with Gasteiger partial charge in [-0.05, 0) is 57.7 Å². The highest BCUT2D eigenvalue weighted by Crippen LogP contribution is 2.28. The first-order valence-electron chi connectivity index (χ1n) is 11.9. The fourth-order valence-corrected chi connectivity index (χ4v) is 4.28. The summed E-state index contributed by atoms with van der Waals surface area (Å²) in [6, 6.07) is 5.68. The average molecular weight is 444 g/mol. The quantitative estimate of drug-likeness (QED) is 0.731. The lowest BCUT2D eigenvalue weighted by Crippen LogP contribution is -2.44. The van der Waals surface area contributed by atoms with Crippen molar-refractivity contribution in [3.63, 3.8) is 0 Å². The van der Waals surface area contributed by atoms with Crippen LogP contribution in [0.3, 0.4) is 0 Å². The van der Waals surface area contributed by atoms with Gasteiger partial charge < -0.3 is 25.3 Å². The lowest BCUT2D eigenvalue weighted by Gasteiger charge is -2.30. The molecule has 8 nitrogen and oxygen atoms in total. The van der Waals surface area contributed by atoms with Crippen molar-refractivity contribution in [2.45, 2.75) is 58.9 Å². The Kier molecular flexibility index (Phi) is 8.36. The molecule has 0 aliphatic carbocycles. The molecular formula is C24H37N5O3. The molecule has 0 atom stereocenters. The number of rotatable bonds is 5. The van der Waals surface area contributed by atoms with E-state index in [0.29, 0.717) is 37.3 Å². The molecule has 32 heavy (non-hydrogen) atoms. The Labute approximate surface area is 191 Å². The van der Waals surface area contributed by atoms with Crippen LogP contribution in [0.25, 0.3) is 0 Å². The molecule has 0 bridgehead atoms. The molecule has 4 amide bonds. The second-order valence-electron chi connectivity index (χ2n) is 8.92. The molecule has 2 fully saturated rings. The summed E-state index contributed by atoms with van der Waals surface area (Å²) in [4.78, 5) is 43.8.